The van der Waals surface area contributed by atoms with Crippen molar-refractivity contribution in [2.75, 3.05) is 5.33 Å². The van der Waals surface area contributed by atoms with Crippen molar-refractivity contribution < 1.29 is 12.9 Å². The highest BCUT2D eigenvalue weighted by molar-refractivity contribution is 9.09. The maximum absolute atomic E-state index is 11.5. The monoisotopic (exact) mass is 235 g/mol. The van der Waals surface area contributed by atoms with Gasteiger partial charge in [-0.15, -0.1) is 5.98 Å². The quantitative estimate of drug-likeness (QED) is 0.521. The Balaban J connectivity index is 3.90. The average Bonchev–Trinajstić information content (AvgIpc) is 1.59. The van der Waals surface area contributed by atoms with Crippen LogP contribution in [0.5, 0.6) is 0 Å². The molecule has 0 unspecified atom stereocenters. The van der Waals surface area contributed by atoms with Crippen LogP contribution in [-0.4, -0.2) is 12.3 Å². The minimum Gasteiger partial charge on any atom is -0.445 e. The molecule has 10 heavy (non-hydrogen) atoms. The second kappa shape index (κ2) is 4.29. The van der Waals surface area contributed by atoms with E-state index >= 15 is 0 Å². The van der Waals surface area contributed by atoms with Crippen LogP contribution in [-0.2, 0) is 0 Å². The van der Waals surface area contributed by atoms with Gasteiger partial charge in [0.25, 0.3) is 0 Å². The molecule has 0 saturated heterocycles. The maximum Gasteiger partial charge on any atom is 0.503 e. The molecule has 0 aliphatic rings. The molecule has 0 nitrogen and oxygen atoms in total. The molecule has 0 saturated carbocycles. The number of halogens is 5. The van der Waals surface area contributed by atoms with Crippen molar-refractivity contribution in [1.29, 1.82) is 0 Å². The van der Waals surface area contributed by atoms with Crippen LogP contribution in [0.25, 0.3) is 0 Å². The van der Waals surface area contributed by atoms with Gasteiger partial charge in [-0.05, 0) is 11.5 Å². The molecular formula is C4H5BBrClF3-. The Morgan fingerprint density at radius 2 is 2.00 bits per heavy atom. The Morgan fingerprint density at radius 1 is 1.50 bits per heavy atom. The highest BCUT2D eigenvalue weighted by Crippen LogP contribution is 2.17. The molecule has 0 aromatic carbocycles. The van der Waals surface area contributed by atoms with Gasteiger partial charge in [-0.1, -0.05) is 27.5 Å². The number of alkyl halides is 1. The Morgan fingerprint density at radius 3 is 2.30 bits per heavy atom. The Kier molecular flexibility index (Phi) is 4.44. The zero-order chi connectivity index (χ0) is 8.20. The highest BCUT2D eigenvalue weighted by atomic mass is 79.9. The first-order valence-electron chi connectivity index (χ1n) is 2.59. The number of allylic oxidation sites excluding steroid dienone is 1. The number of hydrogen-bond donors (Lipinski definition) is 0. The number of rotatable bonds is 3. The van der Waals surface area contributed by atoms with E-state index in [1.807, 2.05) is 0 Å². The predicted molar refractivity (Wildman–Crippen MR) is 41.4 cm³/mol. The molecule has 0 spiro atoms. The molecular weight excluding hydrogens is 231 g/mol. The van der Waals surface area contributed by atoms with Crippen LogP contribution in [0.15, 0.2) is 11.0 Å². The molecule has 0 fully saturated rings. The zero-order valence-electron chi connectivity index (χ0n) is 4.96. The van der Waals surface area contributed by atoms with Crippen LogP contribution >= 0.6 is 27.5 Å². The van der Waals surface area contributed by atoms with Gasteiger partial charge in [0.2, 0.25) is 0 Å². The smallest absolute Gasteiger partial charge is 0.445 e. The summed E-state index contributed by atoms with van der Waals surface area (Å²) in [6.45, 7) is -4.87. The van der Waals surface area contributed by atoms with Crippen LogP contribution < -0.4 is 0 Å². The summed E-state index contributed by atoms with van der Waals surface area (Å²) in [4.78, 5) is 0. The molecule has 60 valence electrons. The van der Waals surface area contributed by atoms with Gasteiger partial charge in [0.1, 0.15) is 0 Å². The van der Waals surface area contributed by atoms with Gasteiger partial charge in [0, 0.05) is 5.33 Å². The molecule has 0 heterocycles. The molecule has 0 aliphatic heterocycles. The predicted octanol–water partition coefficient (Wildman–Crippen LogP) is 3.28. The van der Waals surface area contributed by atoms with Crippen molar-refractivity contribution in [2.24, 2.45) is 0 Å². The van der Waals surface area contributed by atoms with Gasteiger partial charge >= 0.3 is 6.98 Å². The summed E-state index contributed by atoms with van der Waals surface area (Å²) in [6, 6.07) is 0. The summed E-state index contributed by atoms with van der Waals surface area (Å²) in [7, 11) is 0. The van der Waals surface area contributed by atoms with Crippen molar-refractivity contribution >= 4 is 34.5 Å². The van der Waals surface area contributed by atoms with E-state index in [0.29, 0.717) is 5.33 Å². The first-order chi connectivity index (χ1) is 4.45. The third-order valence-corrected chi connectivity index (χ3v) is 1.41. The lowest BCUT2D eigenvalue weighted by atomic mass is 9.91. The van der Waals surface area contributed by atoms with Gasteiger partial charge in [-0.2, -0.15) is 0 Å². The van der Waals surface area contributed by atoms with Crippen LogP contribution in [0.4, 0.5) is 12.9 Å². The lowest BCUT2D eigenvalue weighted by molar-refractivity contribution is 0.498. The third kappa shape index (κ3) is 6.48. The van der Waals surface area contributed by atoms with Crippen LogP contribution in [0, 0.1) is 0 Å². The average molecular weight is 236 g/mol. The van der Waals surface area contributed by atoms with E-state index < -0.39 is 6.98 Å². The fourth-order valence-corrected chi connectivity index (χ4v) is 1.27. The van der Waals surface area contributed by atoms with Crippen molar-refractivity contribution in [3.63, 3.8) is 0 Å². The first-order valence-corrected chi connectivity index (χ1v) is 4.09. The van der Waals surface area contributed by atoms with Crippen molar-refractivity contribution in [3.05, 3.63) is 11.0 Å². The summed E-state index contributed by atoms with van der Waals surface area (Å²) in [5, 5.41) is 0.304. The molecule has 0 aromatic heterocycles. The van der Waals surface area contributed by atoms with Crippen LogP contribution in [0.1, 0.15) is 6.42 Å². The topological polar surface area (TPSA) is 0 Å². The first kappa shape index (κ1) is 10.4. The second-order valence-electron chi connectivity index (χ2n) is 1.68. The third-order valence-electron chi connectivity index (χ3n) is 0.703. The van der Waals surface area contributed by atoms with Gasteiger partial charge < -0.3 is 12.9 Å². The molecule has 0 rings (SSSR count). The summed E-state index contributed by atoms with van der Waals surface area (Å²) >= 11 is 8.16. The molecule has 0 N–H and O–H groups in total. The lowest BCUT2D eigenvalue weighted by Gasteiger charge is -2.07. The summed E-state index contributed by atoms with van der Waals surface area (Å²) in [5.74, 6) is 0.156. The van der Waals surface area contributed by atoms with Gasteiger partial charge in [-0.3, -0.25) is 0 Å². The fourth-order valence-electron chi connectivity index (χ4n) is 0.379. The van der Waals surface area contributed by atoms with E-state index in [0.717, 1.165) is 0 Å². The van der Waals surface area contributed by atoms with E-state index in [4.69, 9.17) is 11.6 Å². The minimum atomic E-state index is -4.87. The Hall–Kier alpha value is 0.365. The molecule has 6 heteroatoms. The largest absolute Gasteiger partial charge is 0.503 e. The second-order valence-corrected chi connectivity index (χ2v) is 2.96. The van der Waals surface area contributed by atoms with E-state index in [-0.39, 0.29) is 17.4 Å². The standard InChI is InChI=1S/C4H5BBrClF3/c6-2-1-4(7)3-5(8,9)10/h3H,1-2H2/q-1/b4-3-. The summed E-state index contributed by atoms with van der Waals surface area (Å²) < 4.78 is 34.5. The fraction of sp³-hybridized carbons (Fsp3) is 0.500. The van der Waals surface area contributed by atoms with Crippen molar-refractivity contribution in [2.45, 2.75) is 6.42 Å². The molecule has 0 aromatic rings. The molecule has 0 atom stereocenters. The van der Waals surface area contributed by atoms with Crippen molar-refractivity contribution in [1.82, 2.24) is 0 Å². The minimum absolute atomic E-state index is 0.149. The summed E-state index contributed by atoms with van der Waals surface area (Å²) in [6.07, 6.45) is 0.225. The van der Waals surface area contributed by atoms with Gasteiger partial charge in [-0.25, -0.2) is 0 Å². The van der Waals surface area contributed by atoms with Gasteiger partial charge in [0.15, 0.2) is 0 Å². The van der Waals surface area contributed by atoms with Crippen LogP contribution in [0.3, 0.4) is 0 Å². The molecule has 0 amide bonds. The number of hydrogen-bond acceptors (Lipinski definition) is 0. The molecule has 0 radical (unpaired) electrons. The van der Waals surface area contributed by atoms with E-state index in [1.54, 1.807) is 0 Å². The lowest BCUT2D eigenvalue weighted by Crippen LogP contribution is -2.10. The summed E-state index contributed by atoms with van der Waals surface area (Å²) in [5.41, 5.74) is 0. The normalized spacial score (nSPS) is 13.9. The van der Waals surface area contributed by atoms with Gasteiger partial charge in [0.05, 0.1) is 0 Å². The van der Waals surface area contributed by atoms with Crippen LogP contribution in [0.2, 0.25) is 0 Å². The molecule has 0 bridgehead atoms. The van der Waals surface area contributed by atoms with E-state index in [2.05, 4.69) is 15.9 Å². The zero-order valence-corrected chi connectivity index (χ0v) is 7.30. The SMILES string of the molecule is F[B-](F)(F)/C=C(\Cl)CCBr. The van der Waals surface area contributed by atoms with Crippen molar-refractivity contribution in [3.8, 4) is 0 Å². The Labute approximate surface area is 70.6 Å². The maximum atomic E-state index is 11.5. The molecule has 0 aliphatic carbocycles. The highest BCUT2D eigenvalue weighted by Gasteiger charge is 2.18. The Bertz CT molecular complexity index is 133. The van der Waals surface area contributed by atoms with E-state index in [9.17, 15) is 12.9 Å². The van der Waals surface area contributed by atoms with E-state index in [1.165, 1.54) is 0 Å².